The maximum Gasteiger partial charge on any atom is 0.352 e. The van der Waals surface area contributed by atoms with Crippen LogP contribution in [0.4, 0.5) is 0 Å². The molecule has 0 bridgehead atoms. The molecule has 7 heteroatoms. The van der Waals surface area contributed by atoms with Crippen molar-refractivity contribution in [1.29, 1.82) is 0 Å². The molecular weight excluding hydrogens is 322 g/mol. The third kappa shape index (κ3) is 3.29. The minimum absolute atomic E-state index is 0.143. The van der Waals surface area contributed by atoms with E-state index in [1.807, 2.05) is 12.1 Å². The van der Waals surface area contributed by atoms with Gasteiger partial charge in [-0.3, -0.25) is 4.98 Å². The van der Waals surface area contributed by atoms with Crippen LogP contribution in [-0.2, 0) is 11.3 Å². The van der Waals surface area contributed by atoms with Gasteiger partial charge in [-0.05, 0) is 41.4 Å². The van der Waals surface area contributed by atoms with Crippen LogP contribution in [0.3, 0.4) is 0 Å². The lowest BCUT2D eigenvalue weighted by Crippen LogP contribution is -2.05. The van der Waals surface area contributed by atoms with Crippen LogP contribution >= 0.6 is 23.1 Å². The number of hydrogen-bond donors (Lipinski definition) is 0. The maximum atomic E-state index is 12.2. The number of aromatic nitrogens is 3. The van der Waals surface area contributed by atoms with Crippen molar-refractivity contribution < 1.29 is 9.53 Å². The van der Waals surface area contributed by atoms with Gasteiger partial charge >= 0.3 is 5.97 Å². The molecule has 0 saturated heterocycles. The van der Waals surface area contributed by atoms with Gasteiger partial charge in [-0.25, -0.2) is 4.79 Å². The second kappa shape index (κ2) is 6.64. The molecule has 3 aromatic rings. The van der Waals surface area contributed by atoms with E-state index in [0.29, 0.717) is 15.6 Å². The quantitative estimate of drug-likeness (QED) is 0.683. The lowest BCUT2D eigenvalue weighted by molar-refractivity contribution is 0.0479. The number of esters is 1. The number of carbonyl (C=O) groups is 1. The Balaban J connectivity index is 1.75. The fourth-order valence-electron chi connectivity index (χ4n) is 1.86. The number of rotatable bonds is 4. The van der Waals surface area contributed by atoms with Gasteiger partial charge in [0.2, 0.25) is 0 Å². The van der Waals surface area contributed by atoms with Crippen LogP contribution in [0.5, 0.6) is 0 Å². The van der Waals surface area contributed by atoms with Crippen molar-refractivity contribution in [3.8, 4) is 11.3 Å². The van der Waals surface area contributed by atoms with E-state index >= 15 is 0 Å². The second-order valence-corrected chi connectivity index (χ2v) is 5.59. The zero-order valence-electron chi connectivity index (χ0n) is 11.3. The van der Waals surface area contributed by atoms with Crippen molar-refractivity contribution in [3.63, 3.8) is 0 Å². The van der Waals surface area contributed by atoms with Crippen LogP contribution in [0.2, 0.25) is 5.02 Å². The standard InChI is InChI=1S/C15H10ClN3O2S/c16-12-5-1-3-10(7-12)9-21-15(20)14-13(18-19-22-14)11-4-2-6-17-8-11/h1-8H,9H2. The molecule has 3 rings (SSSR count). The van der Waals surface area contributed by atoms with E-state index in [0.717, 1.165) is 22.7 Å². The number of carbonyl (C=O) groups excluding carboxylic acids is 1. The summed E-state index contributed by atoms with van der Waals surface area (Å²) in [5.74, 6) is -0.464. The van der Waals surface area contributed by atoms with Gasteiger partial charge in [-0.15, -0.1) is 5.10 Å². The Labute approximate surface area is 135 Å². The Kier molecular flexibility index (Phi) is 4.41. The first-order valence-electron chi connectivity index (χ1n) is 6.38. The van der Waals surface area contributed by atoms with Gasteiger partial charge in [0.1, 0.15) is 12.3 Å². The molecule has 22 heavy (non-hydrogen) atoms. The van der Waals surface area contributed by atoms with Crippen molar-refractivity contribution in [2.45, 2.75) is 6.61 Å². The van der Waals surface area contributed by atoms with E-state index < -0.39 is 5.97 Å². The van der Waals surface area contributed by atoms with Crippen LogP contribution in [0.25, 0.3) is 11.3 Å². The third-order valence-electron chi connectivity index (χ3n) is 2.87. The topological polar surface area (TPSA) is 65.0 Å². The number of ether oxygens (including phenoxy) is 1. The van der Waals surface area contributed by atoms with Crippen molar-refractivity contribution in [3.05, 3.63) is 64.3 Å². The predicted molar refractivity (Wildman–Crippen MR) is 83.7 cm³/mol. The summed E-state index contributed by atoms with van der Waals surface area (Å²) >= 11 is 6.90. The highest BCUT2D eigenvalue weighted by Gasteiger charge is 2.19. The molecule has 0 spiro atoms. The molecule has 2 aromatic heterocycles. The molecule has 0 aliphatic rings. The summed E-state index contributed by atoms with van der Waals surface area (Å²) in [6.07, 6.45) is 3.28. The zero-order chi connectivity index (χ0) is 15.4. The smallest absolute Gasteiger partial charge is 0.352 e. The number of nitrogens with zero attached hydrogens (tertiary/aromatic N) is 3. The molecule has 0 saturated carbocycles. The van der Waals surface area contributed by atoms with Crippen LogP contribution in [0.15, 0.2) is 48.8 Å². The van der Waals surface area contributed by atoms with Gasteiger partial charge in [0, 0.05) is 23.0 Å². The Morgan fingerprint density at radius 2 is 2.18 bits per heavy atom. The van der Waals surface area contributed by atoms with E-state index in [9.17, 15) is 4.79 Å². The molecule has 0 N–H and O–H groups in total. The highest BCUT2D eigenvalue weighted by molar-refractivity contribution is 7.08. The van der Waals surface area contributed by atoms with Crippen LogP contribution in [-0.4, -0.2) is 20.5 Å². The normalized spacial score (nSPS) is 10.4. The molecule has 5 nitrogen and oxygen atoms in total. The maximum absolute atomic E-state index is 12.2. The number of hydrogen-bond acceptors (Lipinski definition) is 6. The Hall–Kier alpha value is -2.31. The molecule has 0 unspecified atom stereocenters. The van der Waals surface area contributed by atoms with E-state index in [4.69, 9.17) is 16.3 Å². The van der Waals surface area contributed by atoms with Gasteiger partial charge in [0.05, 0.1) is 0 Å². The first-order valence-corrected chi connectivity index (χ1v) is 7.53. The molecular formula is C15H10ClN3O2S. The summed E-state index contributed by atoms with van der Waals surface area (Å²) < 4.78 is 9.13. The summed E-state index contributed by atoms with van der Waals surface area (Å²) in [4.78, 5) is 16.6. The van der Waals surface area contributed by atoms with Gasteiger partial charge in [-0.1, -0.05) is 28.2 Å². The number of benzene rings is 1. The first kappa shape index (κ1) is 14.6. The van der Waals surface area contributed by atoms with Crippen LogP contribution in [0.1, 0.15) is 15.2 Å². The molecule has 0 aliphatic heterocycles. The van der Waals surface area contributed by atoms with E-state index in [1.54, 1.807) is 36.7 Å². The molecule has 2 heterocycles. The molecule has 0 radical (unpaired) electrons. The van der Waals surface area contributed by atoms with Gasteiger partial charge < -0.3 is 4.74 Å². The zero-order valence-corrected chi connectivity index (χ0v) is 12.8. The monoisotopic (exact) mass is 331 g/mol. The fourth-order valence-corrected chi connectivity index (χ4v) is 2.65. The summed E-state index contributed by atoms with van der Waals surface area (Å²) in [5.41, 5.74) is 2.03. The predicted octanol–water partition coefficient (Wildman–Crippen LogP) is 3.61. The van der Waals surface area contributed by atoms with E-state index in [2.05, 4.69) is 14.6 Å². The van der Waals surface area contributed by atoms with Crippen LogP contribution < -0.4 is 0 Å². The second-order valence-electron chi connectivity index (χ2n) is 4.40. The molecule has 0 amide bonds. The minimum atomic E-state index is -0.464. The summed E-state index contributed by atoms with van der Waals surface area (Å²) in [6, 6.07) is 10.8. The van der Waals surface area contributed by atoms with Crippen molar-refractivity contribution in [1.82, 2.24) is 14.6 Å². The number of halogens is 1. The minimum Gasteiger partial charge on any atom is -0.457 e. The average Bonchev–Trinajstić information content (AvgIpc) is 3.03. The summed E-state index contributed by atoms with van der Waals surface area (Å²) in [5, 5.41) is 4.58. The van der Waals surface area contributed by atoms with Gasteiger partial charge in [0.15, 0.2) is 4.88 Å². The molecule has 0 fully saturated rings. The highest BCUT2D eigenvalue weighted by Crippen LogP contribution is 2.24. The lowest BCUT2D eigenvalue weighted by Gasteiger charge is -2.05. The Morgan fingerprint density at radius 3 is 2.95 bits per heavy atom. The third-order valence-corrected chi connectivity index (χ3v) is 3.81. The fraction of sp³-hybridized carbons (Fsp3) is 0.0667. The van der Waals surface area contributed by atoms with Crippen molar-refractivity contribution in [2.24, 2.45) is 0 Å². The van der Waals surface area contributed by atoms with Crippen molar-refractivity contribution >= 4 is 29.1 Å². The Morgan fingerprint density at radius 1 is 1.27 bits per heavy atom. The van der Waals surface area contributed by atoms with Gasteiger partial charge in [0.25, 0.3) is 0 Å². The summed E-state index contributed by atoms with van der Waals surface area (Å²) in [6.45, 7) is 0.143. The van der Waals surface area contributed by atoms with E-state index in [1.165, 1.54) is 0 Å². The average molecular weight is 332 g/mol. The molecule has 1 aromatic carbocycles. The molecule has 0 aliphatic carbocycles. The van der Waals surface area contributed by atoms with Gasteiger partial charge in [-0.2, -0.15) is 0 Å². The lowest BCUT2D eigenvalue weighted by atomic mass is 10.2. The van der Waals surface area contributed by atoms with Crippen LogP contribution in [0, 0.1) is 0 Å². The number of pyridine rings is 1. The molecule has 110 valence electrons. The summed E-state index contributed by atoms with van der Waals surface area (Å²) in [7, 11) is 0. The first-order chi connectivity index (χ1) is 10.7. The SMILES string of the molecule is O=C(OCc1cccc(Cl)c1)c1snnc1-c1cccnc1. The highest BCUT2D eigenvalue weighted by atomic mass is 35.5. The Bertz CT molecular complexity index is 792. The largest absolute Gasteiger partial charge is 0.457 e. The molecule has 0 atom stereocenters. The van der Waals surface area contributed by atoms with Crippen molar-refractivity contribution in [2.75, 3.05) is 0 Å². The van der Waals surface area contributed by atoms with E-state index in [-0.39, 0.29) is 6.61 Å².